The molecule has 9 heteroatoms. The lowest BCUT2D eigenvalue weighted by Gasteiger charge is -2.47. The van der Waals surface area contributed by atoms with E-state index in [0.717, 1.165) is 42.0 Å². The van der Waals surface area contributed by atoms with Gasteiger partial charge in [0.15, 0.2) is 0 Å². The van der Waals surface area contributed by atoms with Crippen LogP contribution in [0.15, 0.2) is 18.2 Å². The van der Waals surface area contributed by atoms with Crippen LogP contribution >= 0.6 is 11.6 Å². The first-order chi connectivity index (χ1) is 14.1. The number of piperazine rings is 1. The summed E-state index contributed by atoms with van der Waals surface area (Å²) in [6.07, 6.45) is 5.03. The van der Waals surface area contributed by atoms with Gasteiger partial charge in [-0.3, -0.25) is 14.5 Å². The van der Waals surface area contributed by atoms with Crippen LogP contribution in [-0.2, 0) is 19.6 Å². The van der Waals surface area contributed by atoms with E-state index < -0.39 is 21.5 Å². The molecule has 0 unspecified atom stereocenters. The van der Waals surface area contributed by atoms with Crippen LogP contribution in [0.5, 0.6) is 0 Å². The second kappa shape index (κ2) is 8.85. The molecule has 1 aliphatic carbocycles. The highest BCUT2D eigenvalue weighted by molar-refractivity contribution is 7.89. The average Bonchev–Trinajstić information content (AvgIpc) is 2.70. The number of halogens is 1. The number of nitrogens with zero attached hydrogens (tertiary/aromatic N) is 2. The van der Waals surface area contributed by atoms with Gasteiger partial charge >= 0.3 is 0 Å². The summed E-state index contributed by atoms with van der Waals surface area (Å²) in [5, 5.41) is 3.53. The molecule has 1 aromatic carbocycles. The van der Waals surface area contributed by atoms with Crippen molar-refractivity contribution in [3.8, 4) is 0 Å². The van der Waals surface area contributed by atoms with Crippen LogP contribution in [0.3, 0.4) is 0 Å². The first-order valence-electron chi connectivity index (χ1n) is 10.5. The molecule has 0 aromatic heterocycles. The van der Waals surface area contributed by atoms with E-state index in [1.807, 2.05) is 6.92 Å². The Hall–Kier alpha value is -1.64. The molecule has 1 heterocycles. The molecule has 0 bridgehead atoms. The normalized spacial score (nSPS) is 24.1. The number of hydrogen-bond donors (Lipinski definition) is 1. The summed E-state index contributed by atoms with van der Waals surface area (Å²) in [4.78, 5) is 28.2. The Morgan fingerprint density at radius 3 is 2.57 bits per heavy atom. The zero-order valence-electron chi connectivity index (χ0n) is 17.8. The maximum absolute atomic E-state index is 13.5. The minimum Gasteiger partial charge on any atom is -0.351 e. The minimum atomic E-state index is -3.64. The van der Waals surface area contributed by atoms with Gasteiger partial charge in [-0.15, -0.1) is 0 Å². The van der Waals surface area contributed by atoms with Crippen LogP contribution in [0, 0.1) is 6.92 Å². The van der Waals surface area contributed by atoms with Gasteiger partial charge in [0, 0.05) is 23.3 Å². The molecule has 2 fully saturated rings. The van der Waals surface area contributed by atoms with Gasteiger partial charge in [-0.05, 0) is 51.3 Å². The van der Waals surface area contributed by atoms with E-state index in [2.05, 4.69) is 5.32 Å². The number of hydrogen-bond acceptors (Lipinski definition) is 4. The maximum atomic E-state index is 13.5. The number of amides is 2. The van der Waals surface area contributed by atoms with Crippen LogP contribution in [-0.4, -0.2) is 55.0 Å². The highest BCUT2D eigenvalue weighted by atomic mass is 35.5. The predicted molar refractivity (Wildman–Crippen MR) is 118 cm³/mol. The SMILES string of the molecule is CCS(=O)(=O)N1CC(=O)N(c2cc(Cl)ccc2C)[C@](C)(C(=O)NC2CCCCC2)C1. The minimum absolute atomic E-state index is 0.0404. The number of benzene rings is 1. The Morgan fingerprint density at radius 2 is 1.93 bits per heavy atom. The molecule has 0 radical (unpaired) electrons. The fourth-order valence-corrected chi connectivity index (χ4v) is 5.62. The van der Waals surface area contributed by atoms with Crippen molar-refractivity contribution in [1.82, 2.24) is 9.62 Å². The Balaban J connectivity index is 2.03. The number of anilines is 1. The number of aryl methyl sites for hydroxylation is 1. The highest BCUT2D eigenvalue weighted by Crippen LogP contribution is 2.35. The van der Waals surface area contributed by atoms with E-state index in [0.29, 0.717) is 10.7 Å². The van der Waals surface area contributed by atoms with Gasteiger partial charge in [-0.2, -0.15) is 4.31 Å². The topological polar surface area (TPSA) is 86.8 Å². The molecule has 1 saturated heterocycles. The van der Waals surface area contributed by atoms with Gasteiger partial charge in [-0.25, -0.2) is 8.42 Å². The van der Waals surface area contributed by atoms with Gasteiger partial charge in [-0.1, -0.05) is 36.9 Å². The first kappa shape index (κ1) is 23.0. The lowest BCUT2D eigenvalue weighted by molar-refractivity contribution is -0.133. The Morgan fingerprint density at radius 1 is 1.27 bits per heavy atom. The third kappa shape index (κ3) is 4.50. The van der Waals surface area contributed by atoms with Crippen LogP contribution < -0.4 is 10.2 Å². The molecule has 1 aromatic rings. The number of carbonyl (C=O) groups is 2. The molecular formula is C21H30ClN3O4S. The van der Waals surface area contributed by atoms with Gasteiger partial charge in [0.1, 0.15) is 5.54 Å². The first-order valence-corrected chi connectivity index (χ1v) is 12.4. The summed E-state index contributed by atoms with van der Waals surface area (Å²) in [7, 11) is -3.64. The van der Waals surface area contributed by atoms with Crippen LogP contribution in [0.25, 0.3) is 0 Å². The highest BCUT2D eigenvalue weighted by Gasteiger charge is 2.51. The van der Waals surface area contributed by atoms with E-state index in [4.69, 9.17) is 11.6 Å². The molecule has 1 saturated carbocycles. The smallest absolute Gasteiger partial charge is 0.247 e. The summed E-state index contributed by atoms with van der Waals surface area (Å²) in [5.41, 5.74) is -0.0663. The molecule has 166 valence electrons. The summed E-state index contributed by atoms with van der Waals surface area (Å²) in [6, 6.07) is 5.21. The fourth-order valence-electron chi connectivity index (χ4n) is 4.33. The van der Waals surface area contributed by atoms with E-state index in [-0.39, 0.29) is 30.8 Å². The van der Waals surface area contributed by atoms with Crippen molar-refractivity contribution in [3.05, 3.63) is 28.8 Å². The van der Waals surface area contributed by atoms with Gasteiger partial charge < -0.3 is 5.32 Å². The lowest BCUT2D eigenvalue weighted by Crippen LogP contribution is -2.71. The van der Waals surface area contributed by atoms with Crippen LogP contribution in [0.4, 0.5) is 5.69 Å². The van der Waals surface area contributed by atoms with Crippen molar-refractivity contribution >= 4 is 39.1 Å². The molecule has 2 aliphatic rings. The number of carbonyl (C=O) groups excluding carboxylic acids is 2. The van der Waals surface area contributed by atoms with E-state index in [1.54, 1.807) is 25.1 Å². The Labute approximate surface area is 183 Å². The Kier molecular flexibility index (Phi) is 6.79. The standard InChI is InChI=1S/C21H30ClN3O4S/c1-4-30(28,29)24-13-19(26)25(18-12-16(22)11-10-15(18)2)21(3,14-24)20(27)23-17-8-6-5-7-9-17/h10-12,17H,4-9,13-14H2,1-3H3,(H,23,27)/t21-/m0/s1. The zero-order valence-corrected chi connectivity index (χ0v) is 19.4. The monoisotopic (exact) mass is 455 g/mol. The summed E-state index contributed by atoms with van der Waals surface area (Å²) in [6.45, 7) is 4.62. The third-order valence-corrected chi connectivity index (χ3v) is 8.15. The molecule has 1 atom stereocenters. The van der Waals surface area contributed by atoms with E-state index in [9.17, 15) is 18.0 Å². The second-order valence-corrected chi connectivity index (χ2v) is 11.1. The van der Waals surface area contributed by atoms with Crippen molar-refractivity contribution < 1.29 is 18.0 Å². The molecule has 1 aliphatic heterocycles. The van der Waals surface area contributed by atoms with Crippen molar-refractivity contribution in [1.29, 1.82) is 0 Å². The Bertz CT molecular complexity index is 930. The second-order valence-electron chi connectivity index (χ2n) is 8.41. The summed E-state index contributed by atoms with van der Waals surface area (Å²) >= 11 is 6.19. The van der Waals surface area contributed by atoms with Crippen LogP contribution in [0.2, 0.25) is 5.02 Å². The van der Waals surface area contributed by atoms with Crippen molar-refractivity contribution in [2.45, 2.75) is 64.5 Å². The van der Waals surface area contributed by atoms with E-state index >= 15 is 0 Å². The van der Waals surface area contributed by atoms with Crippen molar-refractivity contribution in [3.63, 3.8) is 0 Å². The van der Waals surface area contributed by atoms with Gasteiger partial charge in [0.05, 0.1) is 12.3 Å². The van der Waals surface area contributed by atoms with Crippen molar-refractivity contribution in [2.75, 3.05) is 23.7 Å². The van der Waals surface area contributed by atoms with Gasteiger partial charge in [0.2, 0.25) is 21.8 Å². The number of sulfonamides is 1. The van der Waals surface area contributed by atoms with Crippen molar-refractivity contribution in [2.24, 2.45) is 0 Å². The molecule has 1 N–H and O–H groups in total. The van der Waals surface area contributed by atoms with E-state index in [1.165, 1.54) is 11.8 Å². The number of nitrogens with one attached hydrogen (secondary N) is 1. The third-order valence-electron chi connectivity index (χ3n) is 6.14. The van der Waals surface area contributed by atoms with Crippen LogP contribution in [0.1, 0.15) is 51.5 Å². The fraction of sp³-hybridized carbons (Fsp3) is 0.619. The molecular weight excluding hydrogens is 426 g/mol. The molecule has 3 rings (SSSR count). The quantitative estimate of drug-likeness (QED) is 0.739. The molecule has 30 heavy (non-hydrogen) atoms. The maximum Gasteiger partial charge on any atom is 0.247 e. The molecule has 2 amide bonds. The molecule has 7 nitrogen and oxygen atoms in total. The lowest BCUT2D eigenvalue weighted by atomic mass is 9.91. The molecule has 0 spiro atoms. The largest absolute Gasteiger partial charge is 0.351 e. The zero-order chi connectivity index (χ0) is 22.1. The predicted octanol–water partition coefficient (Wildman–Crippen LogP) is 2.85. The summed E-state index contributed by atoms with van der Waals surface area (Å²) < 4.78 is 26.3. The van der Waals surface area contributed by atoms with Gasteiger partial charge in [0.25, 0.3) is 0 Å². The summed E-state index contributed by atoms with van der Waals surface area (Å²) in [5.74, 6) is -0.903. The number of rotatable bonds is 5. The average molecular weight is 456 g/mol.